The number of aromatic amines is 1. The first-order chi connectivity index (χ1) is 14.8. The van der Waals surface area contributed by atoms with Gasteiger partial charge in [-0.05, 0) is 24.3 Å². The van der Waals surface area contributed by atoms with E-state index in [1.54, 1.807) is 24.3 Å². The molecular weight excluding hydrogens is 473 g/mol. The van der Waals surface area contributed by atoms with Crippen LogP contribution in [0.1, 0.15) is 6.23 Å². The third-order valence-corrected chi connectivity index (χ3v) is 7.33. The van der Waals surface area contributed by atoms with Gasteiger partial charge in [-0.2, -0.15) is 9.97 Å². The van der Waals surface area contributed by atoms with Gasteiger partial charge in [0, 0.05) is 5.02 Å². The number of nitrogen functional groups attached to an aromatic ring is 1. The number of nitrogens with zero attached hydrogens (tertiary/aromatic N) is 3. The van der Waals surface area contributed by atoms with Gasteiger partial charge in [0.25, 0.3) is 5.56 Å². The number of benzene rings is 1. The third kappa shape index (κ3) is 3.56. The number of hydrogen-bond acceptors (Lipinski definition) is 10. The number of imidazole rings is 1. The van der Waals surface area contributed by atoms with Gasteiger partial charge in [0.2, 0.25) is 5.95 Å². The molecule has 12 nitrogen and oxygen atoms in total. The largest absolute Gasteiger partial charge is 0.604 e. The molecule has 2 aliphatic rings. The Kier molecular flexibility index (Phi) is 5.31. The van der Waals surface area contributed by atoms with Crippen LogP contribution in [0.3, 0.4) is 0 Å². The molecule has 15 heteroatoms. The Balaban J connectivity index is 1.67. The van der Waals surface area contributed by atoms with E-state index in [1.807, 2.05) is 0 Å². The van der Waals surface area contributed by atoms with Crippen LogP contribution < -0.4 is 11.3 Å². The predicted molar refractivity (Wildman–Crippen MR) is 108 cm³/mol. The predicted octanol–water partition coefficient (Wildman–Crippen LogP) is 0.585. The van der Waals surface area contributed by atoms with E-state index in [1.165, 1.54) is 4.57 Å². The Morgan fingerprint density at radius 1 is 1.35 bits per heavy atom. The molecule has 2 aromatic heterocycles. The molecule has 6 atom stereocenters. The van der Waals surface area contributed by atoms with Crippen LogP contribution >= 0.6 is 19.9 Å². The summed E-state index contributed by atoms with van der Waals surface area (Å²) in [6.45, 7) is -0.0611. The zero-order valence-electron chi connectivity index (χ0n) is 15.4. The highest BCUT2D eigenvalue weighted by molar-refractivity contribution is 7.91. The maximum absolute atomic E-state index is 13.3. The zero-order valence-corrected chi connectivity index (χ0v) is 18.0. The van der Waals surface area contributed by atoms with E-state index in [2.05, 4.69) is 15.0 Å². The molecule has 0 spiro atoms. The van der Waals surface area contributed by atoms with Crippen molar-refractivity contribution in [2.75, 3.05) is 12.3 Å². The summed E-state index contributed by atoms with van der Waals surface area (Å²) in [6, 6.07) is 6.21. The highest BCUT2D eigenvalue weighted by Gasteiger charge is 2.51. The molecule has 2 saturated heterocycles. The molecule has 0 bridgehead atoms. The molecule has 1 aromatic carbocycles. The Hall–Kier alpha value is -1.96. The van der Waals surface area contributed by atoms with E-state index >= 15 is 0 Å². The first kappa shape index (κ1) is 20.9. The van der Waals surface area contributed by atoms with Crippen LogP contribution in [0, 0.1) is 0 Å². The molecular formula is C16H15ClN5O7PS. The second-order valence-electron chi connectivity index (χ2n) is 6.81. The van der Waals surface area contributed by atoms with Crippen molar-refractivity contribution < 1.29 is 28.0 Å². The van der Waals surface area contributed by atoms with Gasteiger partial charge in [0.15, 0.2) is 22.3 Å². The lowest BCUT2D eigenvalue weighted by Gasteiger charge is -2.24. The van der Waals surface area contributed by atoms with Crippen molar-refractivity contribution in [2.24, 2.45) is 0 Å². The van der Waals surface area contributed by atoms with Gasteiger partial charge in [-0.3, -0.25) is 14.3 Å². The van der Waals surface area contributed by atoms with Gasteiger partial charge < -0.3 is 29.2 Å². The fourth-order valence-electron chi connectivity index (χ4n) is 3.51. The van der Waals surface area contributed by atoms with E-state index in [4.69, 9.17) is 31.1 Å². The lowest BCUT2D eigenvalue weighted by molar-refractivity contribution is -0.0585. The summed E-state index contributed by atoms with van der Waals surface area (Å²) in [7, 11) is -2.78. The van der Waals surface area contributed by atoms with E-state index in [0.29, 0.717) is 9.92 Å². The van der Waals surface area contributed by atoms with Crippen molar-refractivity contribution >= 4 is 48.1 Å². The maximum atomic E-state index is 13.3. The number of ether oxygens (including phenoxy) is 1. The number of anilines is 1. The summed E-state index contributed by atoms with van der Waals surface area (Å²) in [6.07, 6.45) is -4.21. The number of nitrogens with two attached hydrogens (primary N) is 1. The molecule has 2 fully saturated rings. The van der Waals surface area contributed by atoms with Crippen LogP contribution in [0.5, 0.6) is 0 Å². The number of H-pyrrole nitrogens is 1. The second kappa shape index (κ2) is 7.87. The van der Waals surface area contributed by atoms with Gasteiger partial charge in [0.1, 0.15) is 18.3 Å². The van der Waals surface area contributed by atoms with Crippen molar-refractivity contribution in [3.8, 4) is 0 Å². The fraction of sp³-hybridized carbons (Fsp3) is 0.312. The summed E-state index contributed by atoms with van der Waals surface area (Å²) in [5.74, 6) is -0.197. The molecule has 4 heterocycles. The van der Waals surface area contributed by atoms with Crippen LogP contribution in [0.2, 0.25) is 5.02 Å². The molecule has 0 saturated carbocycles. The zero-order chi connectivity index (χ0) is 21.9. The molecule has 3 aromatic rings. The molecule has 5 rings (SSSR count). The molecule has 4 unspecified atom stereocenters. The minimum atomic E-state index is -2.78. The fourth-order valence-corrected chi connectivity index (χ4v) is 5.66. The average Bonchev–Trinajstić information content (AvgIpc) is 3.26. The van der Waals surface area contributed by atoms with Gasteiger partial charge in [-0.1, -0.05) is 11.6 Å². The normalized spacial score (nSPS) is 29.2. The number of aliphatic hydroxyl groups excluding tert-OH is 1. The van der Waals surface area contributed by atoms with Crippen LogP contribution in [-0.2, 0) is 29.5 Å². The number of aliphatic hydroxyl groups is 1. The molecule has 2 aliphatic heterocycles. The van der Waals surface area contributed by atoms with Gasteiger partial charge in [0.05, 0.1) is 17.8 Å². The number of halogens is 1. The van der Waals surface area contributed by atoms with Gasteiger partial charge in [-0.25, -0.2) is 4.57 Å². The van der Waals surface area contributed by atoms with Crippen molar-refractivity contribution in [1.82, 2.24) is 19.5 Å². The van der Waals surface area contributed by atoms with E-state index in [-0.39, 0.29) is 28.9 Å². The summed E-state index contributed by atoms with van der Waals surface area (Å²) in [5, 5.41) is 11.2. The molecule has 0 aliphatic carbocycles. The number of nitrogens with one attached hydrogen (secondary N) is 1. The standard InChI is InChI=1S/C16H15ClN5O7PS/c17-6-1-3-7(4-2-6)31(26)16-19-9-12(20-15(18)21-13(9)24)22(16)14-10(23)11-8(28-14)5-27-30(25)29-11/h1-4,8,10-11,14,23,30H,5H2,(H3,18,20,21,24)/t8?,10?,11-,14-,31?/m1/s1. The summed E-state index contributed by atoms with van der Waals surface area (Å²) in [5.41, 5.74) is 4.87. The summed E-state index contributed by atoms with van der Waals surface area (Å²) < 4.78 is 42.3. The van der Waals surface area contributed by atoms with E-state index in [9.17, 15) is 19.0 Å². The molecule has 164 valence electrons. The topological polar surface area (TPSA) is 178 Å². The Morgan fingerprint density at radius 2 is 2.10 bits per heavy atom. The highest BCUT2D eigenvalue weighted by Crippen LogP contribution is 2.44. The molecule has 4 N–H and O–H groups in total. The van der Waals surface area contributed by atoms with Crippen LogP contribution in [-0.4, -0.2) is 54.1 Å². The van der Waals surface area contributed by atoms with E-state index < -0.39 is 49.5 Å². The van der Waals surface area contributed by atoms with Gasteiger partial charge >= 0.3 is 13.4 Å². The average molecular weight is 488 g/mol. The summed E-state index contributed by atoms with van der Waals surface area (Å²) in [4.78, 5) is 23.4. The van der Waals surface area contributed by atoms with Crippen molar-refractivity contribution in [3.63, 3.8) is 0 Å². The van der Waals surface area contributed by atoms with Crippen molar-refractivity contribution in [1.29, 1.82) is 0 Å². The molecule has 0 radical (unpaired) electrons. The maximum Gasteiger partial charge on any atom is 0.333 e. The van der Waals surface area contributed by atoms with Crippen LogP contribution in [0.4, 0.5) is 5.95 Å². The quantitative estimate of drug-likeness (QED) is 0.349. The minimum Gasteiger partial charge on any atom is -0.604 e. The first-order valence-corrected chi connectivity index (χ1v) is 11.7. The van der Waals surface area contributed by atoms with Crippen LogP contribution in [0.15, 0.2) is 39.1 Å². The SMILES string of the molecule is Nc1nc2c(nc([S+]([O-])c3ccc(Cl)cc3)n2[C@@H]2OC3CO[PH](=O)O[C@H]3C2O)c(=O)[nH]1. The minimum absolute atomic E-state index is 0.0326. The van der Waals surface area contributed by atoms with Crippen molar-refractivity contribution in [3.05, 3.63) is 39.6 Å². The Labute approximate surface area is 182 Å². The molecule has 0 amide bonds. The third-order valence-electron chi connectivity index (χ3n) is 4.89. The summed E-state index contributed by atoms with van der Waals surface area (Å²) >= 11 is 4.01. The number of aromatic nitrogens is 4. The number of fused-ring (bicyclic) bond motifs is 2. The van der Waals surface area contributed by atoms with Crippen LogP contribution in [0.25, 0.3) is 11.2 Å². The van der Waals surface area contributed by atoms with Gasteiger partial charge in [-0.15, -0.1) is 0 Å². The smallest absolute Gasteiger partial charge is 0.333 e. The second-order valence-corrected chi connectivity index (χ2v) is 9.64. The lowest BCUT2D eigenvalue weighted by Crippen LogP contribution is -2.37. The first-order valence-electron chi connectivity index (χ1n) is 8.95. The lowest BCUT2D eigenvalue weighted by atomic mass is 10.1. The highest BCUT2D eigenvalue weighted by atomic mass is 35.5. The molecule has 31 heavy (non-hydrogen) atoms. The Bertz CT molecular complexity index is 1240. The Morgan fingerprint density at radius 3 is 2.84 bits per heavy atom. The number of hydrogen-bond donors (Lipinski definition) is 3. The van der Waals surface area contributed by atoms with Crippen molar-refractivity contribution in [2.45, 2.75) is 34.6 Å². The number of rotatable bonds is 3. The monoisotopic (exact) mass is 487 g/mol. The van der Waals surface area contributed by atoms with E-state index in [0.717, 1.165) is 0 Å².